The monoisotopic (exact) mass is 396 g/mol. The zero-order valence-corrected chi connectivity index (χ0v) is 15.3. The third-order valence-corrected chi connectivity index (χ3v) is 3.36. The first-order chi connectivity index (χ1) is 9.17. The Morgan fingerprint density at radius 2 is 1.90 bits per heavy atom. The number of hydrogen-bond acceptors (Lipinski definition) is 2. The molecule has 0 aromatic carbocycles. The van der Waals surface area contributed by atoms with Gasteiger partial charge in [-0.15, -0.1) is 24.0 Å². The van der Waals surface area contributed by atoms with E-state index >= 15 is 0 Å². The predicted molar refractivity (Wildman–Crippen MR) is 94.7 cm³/mol. The van der Waals surface area contributed by atoms with E-state index < -0.39 is 0 Å². The normalized spacial score (nSPS) is 16.6. The summed E-state index contributed by atoms with van der Waals surface area (Å²) >= 11 is 0. The first-order valence-corrected chi connectivity index (χ1v) is 7.47. The van der Waals surface area contributed by atoms with Crippen LogP contribution in [-0.2, 0) is 4.79 Å². The van der Waals surface area contributed by atoms with Crippen LogP contribution in [0.3, 0.4) is 0 Å². The lowest BCUT2D eigenvalue weighted by Gasteiger charge is -2.32. The van der Waals surface area contributed by atoms with Crippen LogP contribution in [0.15, 0.2) is 4.99 Å². The average molecular weight is 396 g/mol. The minimum Gasteiger partial charge on any atom is -0.357 e. The molecule has 1 saturated heterocycles. The van der Waals surface area contributed by atoms with Gasteiger partial charge in [0.15, 0.2) is 5.96 Å². The SMILES string of the molecule is CCCNC(=O)CN=C(NCC)N1CCC(C)CC1.I. The van der Waals surface area contributed by atoms with Crippen molar-refractivity contribution in [1.29, 1.82) is 0 Å². The summed E-state index contributed by atoms with van der Waals surface area (Å²) in [5.41, 5.74) is 0. The maximum atomic E-state index is 11.6. The summed E-state index contributed by atoms with van der Waals surface area (Å²) in [4.78, 5) is 18.3. The van der Waals surface area contributed by atoms with Crippen molar-refractivity contribution in [2.45, 2.75) is 40.0 Å². The fourth-order valence-electron chi connectivity index (χ4n) is 2.11. The molecule has 1 amide bonds. The molecule has 0 aromatic heterocycles. The highest BCUT2D eigenvalue weighted by Gasteiger charge is 2.18. The summed E-state index contributed by atoms with van der Waals surface area (Å²) in [5.74, 6) is 1.68. The molecule has 2 N–H and O–H groups in total. The Balaban J connectivity index is 0.00000361. The van der Waals surface area contributed by atoms with E-state index in [-0.39, 0.29) is 36.4 Å². The average Bonchev–Trinajstić information content (AvgIpc) is 2.42. The number of amides is 1. The van der Waals surface area contributed by atoms with Gasteiger partial charge >= 0.3 is 0 Å². The van der Waals surface area contributed by atoms with Gasteiger partial charge in [0.1, 0.15) is 6.54 Å². The largest absolute Gasteiger partial charge is 0.357 e. The molecule has 0 unspecified atom stereocenters. The smallest absolute Gasteiger partial charge is 0.241 e. The molecule has 0 radical (unpaired) electrons. The van der Waals surface area contributed by atoms with Gasteiger partial charge < -0.3 is 15.5 Å². The molecular formula is C14H29IN4O. The number of carbonyl (C=O) groups excluding carboxylic acids is 1. The summed E-state index contributed by atoms with van der Waals surface area (Å²) in [7, 11) is 0. The fraction of sp³-hybridized carbons (Fsp3) is 0.857. The van der Waals surface area contributed by atoms with Crippen LogP contribution in [0, 0.1) is 5.92 Å². The second-order valence-electron chi connectivity index (χ2n) is 5.19. The Hall–Kier alpha value is -0.530. The highest BCUT2D eigenvalue weighted by Crippen LogP contribution is 2.15. The number of nitrogens with zero attached hydrogens (tertiary/aromatic N) is 2. The van der Waals surface area contributed by atoms with Crippen molar-refractivity contribution in [2.75, 3.05) is 32.7 Å². The topological polar surface area (TPSA) is 56.7 Å². The second-order valence-corrected chi connectivity index (χ2v) is 5.19. The molecule has 0 aliphatic carbocycles. The van der Waals surface area contributed by atoms with E-state index in [9.17, 15) is 4.79 Å². The number of aliphatic imine (C=N–C) groups is 1. The molecule has 0 aromatic rings. The molecule has 6 heteroatoms. The molecule has 0 spiro atoms. The van der Waals surface area contributed by atoms with Crippen LogP contribution in [0.5, 0.6) is 0 Å². The van der Waals surface area contributed by atoms with E-state index in [0.717, 1.165) is 44.5 Å². The van der Waals surface area contributed by atoms with E-state index in [0.29, 0.717) is 0 Å². The van der Waals surface area contributed by atoms with E-state index in [1.165, 1.54) is 12.8 Å². The summed E-state index contributed by atoms with van der Waals surface area (Å²) < 4.78 is 0. The minimum absolute atomic E-state index is 0. The maximum Gasteiger partial charge on any atom is 0.241 e. The number of piperidine rings is 1. The Bertz CT molecular complexity index is 302. The minimum atomic E-state index is 0. The first-order valence-electron chi connectivity index (χ1n) is 7.47. The summed E-state index contributed by atoms with van der Waals surface area (Å²) in [6.45, 7) is 10.2. The lowest BCUT2D eigenvalue weighted by molar-refractivity contribution is -0.119. The van der Waals surface area contributed by atoms with Gasteiger partial charge in [-0.25, -0.2) is 4.99 Å². The predicted octanol–water partition coefficient (Wildman–Crippen LogP) is 1.83. The fourth-order valence-corrected chi connectivity index (χ4v) is 2.11. The van der Waals surface area contributed by atoms with E-state index in [4.69, 9.17) is 0 Å². The lowest BCUT2D eigenvalue weighted by atomic mass is 10.00. The quantitative estimate of drug-likeness (QED) is 0.424. The zero-order valence-electron chi connectivity index (χ0n) is 12.9. The summed E-state index contributed by atoms with van der Waals surface area (Å²) in [6.07, 6.45) is 3.36. The molecule has 1 heterocycles. The number of halogens is 1. The van der Waals surface area contributed by atoms with Gasteiger partial charge in [0, 0.05) is 26.2 Å². The third kappa shape index (κ3) is 7.31. The number of likely N-dealkylation sites (tertiary alicyclic amines) is 1. The van der Waals surface area contributed by atoms with Crippen molar-refractivity contribution in [3.8, 4) is 0 Å². The van der Waals surface area contributed by atoms with Gasteiger partial charge in [-0.05, 0) is 32.1 Å². The standard InChI is InChI=1S/C14H28N4O.HI/c1-4-8-16-13(19)11-17-14(15-5-2)18-9-6-12(3)7-10-18;/h12H,4-11H2,1-3H3,(H,15,17)(H,16,19);1H. The van der Waals surface area contributed by atoms with Crippen LogP contribution in [0.4, 0.5) is 0 Å². The Morgan fingerprint density at radius 3 is 2.45 bits per heavy atom. The van der Waals surface area contributed by atoms with Crippen LogP contribution in [0.1, 0.15) is 40.0 Å². The van der Waals surface area contributed by atoms with Crippen molar-refractivity contribution in [3.05, 3.63) is 0 Å². The van der Waals surface area contributed by atoms with Crippen LogP contribution in [-0.4, -0.2) is 49.5 Å². The van der Waals surface area contributed by atoms with Crippen molar-refractivity contribution < 1.29 is 4.79 Å². The zero-order chi connectivity index (χ0) is 14.1. The van der Waals surface area contributed by atoms with Crippen molar-refractivity contribution in [1.82, 2.24) is 15.5 Å². The van der Waals surface area contributed by atoms with Gasteiger partial charge in [0.05, 0.1) is 0 Å². The number of guanidine groups is 1. The van der Waals surface area contributed by atoms with E-state index in [1.807, 2.05) is 6.92 Å². The summed E-state index contributed by atoms with van der Waals surface area (Å²) in [5, 5.41) is 6.12. The van der Waals surface area contributed by atoms with Gasteiger partial charge in [0.25, 0.3) is 0 Å². The van der Waals surface area contributed by atoms with Gasteiger partial charge in [-0.3, -0.25) is 4.79 Å². The molecule has 118 valence electrons. The molecular weight excluding hydrogens is 367 g/mol. The van der Waals surface area contributed by atoms with Crippen LogP contribution in [0.25, 0.3) is 0 Å². The number of hydrogen-bond donors (Lipinski definition) is 2. The highest BCUT2D eigenvalue weighted by atomic mass is 127. The Kier molecular flexibility index (Phi) is 10.9. The number of carbonyl (C=O) groups is 1. The molecule has 0 bridgehead atoms. The van der Waals surface area contributed by atoms with Crippen LogP contribution < -0.4 is 10.6 Å². The van der Waals surface area contributed by atoms with Gasteiger partial charge in [-0.1, -0.05) is 13.8 Å². The van der Waals surface area contributed by atoms with Crippen LogP contribution >= 0.6 is 24.0 Å². The van der Waals surface area contributed by atoms with E-state index in [2.05, 4.69) is 34.4 Å². The molecule has 1 rings (SSSR count). The molecule has 0 saturated carbocycles. The first kappa shape index (κ1) is 19.5. The van der Waals surface area contributed by atoms with Crippen LogP contribution in [0.2, 0.25) is 0 Å². The molecule has 20 heavy (non-hydrogen) atoms. The Labute approximate surface area is 140 Å². The number of nitrogens with one attached hydrogen (secondary N) is 2. The molecule has 1 aliphatic heterocycles. The molecule has 1 aliphatic rings. The summed E-state index contributed by atoms with van der Waals surface area (Å²) in [6, 6.07) is 0. The van der Waals surface area contributed by atoms with Crippen molar-refractivity contribution in [2.24, 2.45) is 10.9 Å². The Morgan fingerprint density at radius 1 is 1.25 bits per heavy atom. The van der Waals surface area contributed by atoms with Gasteiger partial charge in [-0.2, -0.15) is 0 Å². The van der Waals surface area contributed by atoms with Crippen molar-refractivity contribution >= 4 is 35.8 Å². The highest BCUT2D eigenvalue weighted by molar-refractivity contribution is 14.0. The molecule has 1 fully saturated rings. The van der Waals surface area contributed by atoms with Gasteiger partial charge in [0.2, 0.25) is 5.91 Å². The molecule has 0 atom stereocenters. The lowest BCUT2D eigenvalue weighted by Crippen LogP contribution is -2.45. The second kappa shape index (κ2) is 11.2. The molecule has 5 nitrogen and oxygen atoms in total. The van der Waals surface area contributed by atoms with Crippen molar-refractivity contribution in [3.63, 3.8) is 0 Å². The third-order valence-electron chi connectivity index (χ3n) is 3.36. The maximum absolute atomic E-state index is 11.6. The van der Waals surface area contributed by atoms with E-state index in [1.54, 1.807) is 0 Å². The number of rotatable bonds is 5.